The van der Waals surface area contributed by atoms with Gasteiger partial charge in [0.2, 0.25) is 0 Å². The van der Waals surface area contributed by atoms with E-state index in [4.69, 9.17) is 0 Å². The van der Waals surface area contributed by atoms with Crippen molar-refractivity contribution in [3.63, 3.8) is 0 Å². The summed E-state index contributed by atoms with van der Waals surface area (Å²) in [6, 6.07) is 4.55. The molecule has 0 atom stereocenters. The number of benzene rings is 1. The average molecular weight is 318 g/mol. The number of hydrogen-bond donors (Lipinski definition) is 0. The number of ether oxygens (including phenoxy) is 1. The molecule has 100 valence electrons. The zero-order valence-electron chi connectivity index (χ0n) is 10.6. The Kier molecular flexibility index (Phi) is 6.29. The Morgan fingerprint density at radius 1 is 1.50 bits per heavy atom. The van der Waals surface area contributed by atoms with Crippen LogP contribution in [0.1, 0.15) is 18.9 Å². The van der Waals surface area contributed by atoms with E-state index in [2.05, 4.69) is 20.7 Å². The molecule has 0 bridgehead atoms. The molecule has 0 aromatic heterocycles. The number of rotatable bonds is 6. The van der Waals surface area contributed by atoms with E-state index in [1.165, 1.54) is 19.2 Å². The summed E-state index contributed by atoms with van der Waals surface area (Å²) in [5.74, 6) is -0.557. The first kappa shape index (κ1) is 15.1. The smallest absolute Gasteiger partial charge is 0.319 e. The topological polar surface area (TPSA) is 29.5 Å². The summed E-state index contributed by atoms with van der Waals surface area (Å²) in [6.45, 7) is 3.53. The van der Waals surface area contributed by atoms with Crippen LogP contribution in [0.4, 0.5) is 4.39 Å². The van der Waals surface area contributed by atoms with Crippen molar-refractivity contribution >= 4 is 21.9 Å². The van der Waals surface area contributed by atoms with Crippen molar-refractivity contribution in [1.82, 2.24) is 4.90 Å². The van der Waals surface area contributed by atoms with Crippen LogP contribution in [0.15, 0.2) is 22.7 Å². The molecule has 0 unspecified atom stereocenters. The Hall–Kier alpha value is -0.940. The van der Waals surface area contributed by atoms with Crippen LogP contribution in [0.2, 0.25) is 0 Å². The fraction of sp³-hybridized carbons (Fsp3) is 0.462. The van der Waals surface area contributed by atoms with Gasteiger partial charge in [-0.15, -0.1) is 0 Å². The zero-order valence-corrected chi connectivity index (χ0v) is 12.2. The van der Waals surface area contributed by atoms with Crippen LogP contribution in [0.25, 0.3) is 0 Å². The first-order valence-electron chi connectivity index (χ1n) is 5.80. The lowest BCUT2D eigenvalue weighted by molar-refractivity contribution is -0.142. The Labute approximate surface area is 115 Å². The maximum Gasteiger partial charge on any atom is 0.319 e. The molecule has 0 aliphatic heterocycles. The third kappa shape index (κ3) is 4.74. The molecule has 0 aliphatic rings. The molecular weight excluding hydrogens is 301 g/mol. The van der Waals surface area contributed by atoms with Gasteiger partial charge < -0.3 is 4.74 Å². The summed E-state index contributed by atoms with van der Waals surface area (Å²) in [5, 5.41) is 0. The molecule has 0 amide bonds. The maximum absolute atomic E-state index is 13.2. The minimum atomic E-state index is -0.282. The number of esters is 1. The predicted molar refractivity (Wildman–Crippen MR) is 71.7 cm³/mol. The summed E-state index contributed by atoms with van der Waals surface area (Å²) < 4.78 is 18.7. The van der Waals surface area contributed by atoms with Gasteiger partial charge >= 0.3 is 5.97 Å². The Balaban J connectivity index is 2.75. The van der Waals surface area contributed by atoms with Gasteiger partial charge in [-0.25, -0.2) is 4.39 Å². The Bertz CT molecular complexity index is 412. The van der Waals surface area contributed by atoms with E-state index in [1.54, 1.807) is 6.07 Å². The summed E-state index contributed by atoms with van der Waals surface area (Å²) >= 11 is 3.38. The van der Waals surface area contributed by atoms with E-state index in [9.17, 15) is 9.18 Å². The van der Waals surface area contributed by atoms with Gasteiger partial charge in [0.1, 0.15) is 5.82 Å². The lowest BCUT2D eigenvalue weighted by Gasteiger charge is -2.21. The fourth-order valence-electron chi connectivity index (χ4n) is 1.68. The van der Waals surface area contributed by atoms with Crippen molar-refractivity contribution in [2.24, 2.45) is 0 Å². The van der Waals surface area contributed by atoms with Crippen LogP contribution >= 0.6 is 15.9 Å². The highest BCUT2D eigenvalue weighted by Gasteiger charge is 2.12. The van der Waals surface area contributed by atoms with Gasteiger partial charge in [0, 0.05) is 11.0 Å². The minimum Gasteiger partial charge on any atom is -0.468 e. The number of nitrogens with zero attached hydrogens (tertiary/aromatic N) is 1. The molecule has 0 saturated carbocycles. The van der Waals surface area contributed by atoms with E-state index >= 15 is 0 Å². The highest BCUT2D eigenvalue weighted by molar-refractivity contribution is 9.10. The van der Waals surface area contributed by atoms with Crippen molar-refractivity contribution < 1.29 is 13.9 Å². The van der Waals surface area contributed by atoms with Crippen LogP contribution in [0.5, 0.6) is 0 Å². The first-order chi connectivity index (χ1) is 8.56. The second kappa shape index (κ2) is 7.48. The summed E-state index contributed by atoms with van der Waals surface area (Å²) in [7, 11) is 1.37. The molecule has 0 aliphatic carbocycles. The van der Waals surface area contributed by atoms with Crippen molar-refractivity contribution in [2.75, 3.05) is 20.2 Å². The molecular formula is C13H17BrFNO2. The summed E-state index contributed by atoms with van der Waals surface area (Å²) in [5.41, 5.74) is 0.826. The van der Waals surface area contributed by atoms with Gasteiger partial charge in [-0.1, -0.05) is 22.9 Å². The molecule has 1 aromatic rings. The number of carbonyl (C=O) groups is 1. The van der Waals surface area contributed by atoms with Crippen LogP contribution in [0, 0.1) is 5.82 Å². The van der Waals surface area contributed by atoms with Crippen LogP contribution in [-0.4, -0.2) is 31.1 Å². The molecule has 5 heteroatoms. The lowest BCUT2D eigenvalue weighted by atomic mass is 10.2. The molecule has 0 fully saturated rings. The predicted octanol–water partition coefficient (Wildman–Crippen LogP) is 2.97. The SMILES string of the molecule is CCCN(CC(=O)OC)Cc1cc(F)ccc1Br. The average Bonchev–Trinajstić information content (AvgIpc) is 2.34. The molecule has 0 radical (unpaired) electrons. The highest BCUT2D eigenvalue weighted by atomic mass is 79.9. The van der Waals surface area contributed by atoms with Gasteiger partial charge in [0.15, 0.2) is 0 Å². The quantitative estimate of drug-likeness (QED) is 0.755. The monoisotopic (exact) mass is 317 g/mol. The Morgan fingerprint density at radius 2 is 2.22 bits per heavy atom. The maximum atomic E-state index is 13.2. The number of hydrogen-bond acceptors (Lipinski definition) is 3. The second-order valence-electron chi connectivity index (χ2n) is 4.02. The largest absolute Gasteiger partial charge is 0.468 e. The van der Waals surface area contributed by atoms with E-state index in [0.29, 0.717) is 6.54 Å². The first-order valence-corrected chi connectivity index (χ1v) is 6.59. The molecule has 18 heavy (non-hydrogen) atoms. The minimum absolute atomic E-state index is 0.216. The number of methoxy groups -OCH3 is 1. The fourth-order valence-corrected chi connectivity index (χ4v) is 2.05. The molecule has 0 saturated heterocycles. The van der Waals surface area contributed by atoms with E-state index in [1.807, 2.05) is 11.8 Å². The van der Waals surface area contributed by atoms with E-state index < -0.39 is 0 Å². The van der Waals surface area contributed by atoms with E-state index in [-0.39, 0.29) is 18.3 Å². The van der Waals surface area contributed by atoms with Gasteiger partial charge in [0.05, 0.1) is 13.7 Å². The van der Waals surface area contributed by atoms with E-state index in [0.717, 1.165) is 23.0 Å². The Morgan fingerprint density at radius 3 is 2.83 bits per heavy atom. The van der Waals surface area contributed by atoms with Gasteiger partial charge in [-0.2, -0.15) is 0 Å². The molecule has 3 nitrogen and oxygen atoms in total. The van der Waals surface area contributed by atoms with Gasteiger partial charge in [-0.3, -0.25) is 9.69 Å². The van der Waals surface area contributed by atoms with Crippen molar-refractivity contribution in [3.8, 4) is 0 Å². The van der Waals surface area contributed by atoms with Gasteiger partial charge in [-0.05, 0) is 36.7 Å². The second-order valence-corrected chi connectivity index (χ2v) is 4.88. The van der Waals surface area contributed by atoms with Crippen LogP contribution in [-0.2, 0) is 16.1 Å². The van der Waals surface area contributed by atoms with Gasteiger partial charge in [0.25, 0.3) is 0 Å². The highest BCUT2D eigenvalue weighted by Crippen LogP contribution is 2.19. The standard InChI is InChI=1S/C13H17BrFNO2/c1-3-6-16(9-13(17)18-2)8-10-7-11(15)4-5-12(10)14/h4-5,7H,3,6,8-9H2,1-2H3. The molecule has 1 aromatic carbocycles. The van der Waals surface area contributed by atoms with Crippen molar-refractivity contribution in [3.05, 3.63) is 34.1 Å². The lowest BCUT2D eigenvalue weighted by Crippen LogP contribution is -2.31. The summed E-state index contributed by atoms with van der Waals surface area (Å²) in [6.07, 6.45) is 0.921. The molecule has 0 heterocycles. The van der Waals surface area contributed by atoms with Crippen LogP contribution in [0.3, 0.4) is 0 Å². The normalized spacial score (nSPS) is 10.7. The third-order valence-electron chi connectivity index (χ3n) is 2.52. The number of halogens is 2. The summed E-state index contributed by atoms with van der Waals surface area (Å²) in [4.78, 5) is 13.2. The molecule has 1 rings (SSSR count). The molecule has 0 N–H and O–H groups in total. The third-order valence-corrected chi connectivity index (χ3v) is 3.30. The molecule has 0 spiro atoms. The van der Waals surface area contributed by atoms with Crippen molar-refractivity contribution in [1.29, 1.82) is 0 Å². The number of carbonyl (C=O) groups excluding carboxylic acids is 1. The zero-order chi connectivity index (χ0) is 13.5. The van der Waals surface area contributed by atoms with Crippen LogP contribution < -0.4 is 0 Å². The van der Waals surface area contributed by atoms with Crippen molar-refractivity contribution in [2.45, 2.75) is 19.9 Å².